The molecule has 0 unspecified atom stereocenters. The summed E-state index contributed by atoms with van der Waals surface area (Å²) in [6.45, 7) is 3.29. The fourth-order valence-corrected chi connectivity index (χ4v) is 1.78. The highest BCUT2D eigenvalue weighted by Gasteiger charge is 2.18. The summed E-state index contributed by atoms with van der Waals surface area (Å²) in [6.07, 6.45) is 2.54. The van der Waals surface area contributed by atoms with Crippen LogP contribution in [0.15, 0.2) is 0 Å². The van der Waals surface area contributed by atoms with Gasteiger partial charge in [0.1, 0.15) is 5.69 Å². The highest BCUT2D eigenvalue weighted by Crippen LogP contribution is 2.16. The van der Waals surface area contributed by atoms with Crippen LogP contribution in [0.2, 0.25) is 0 Å². The number of nitrogens with two attached hydrogens (primary N) is 1. The Morgan fingerprint density at radius 2 is 2.22 bits per heavy atom. The molecule has 0 saturated carbocycles. The first kappa shape index (κ1) is 14.5. The Balaban J connectivity index is 2.54. The summed E-state index contributed by atoms with van der Waals surface area (Å²) in [6, 6.07) is 0. The number of carbonyl (C=O) groups excluding carboxylic acids is 1. The average molecular weight is 254 g/mol. The third-order valence-electron chi connectivity index (χ3n) is 2.77. The molecule has 3 N–H and O–H groups in total. The summed E-state index contributed by atoms with van der Waals surface area (Å²) in [7, 11) is 3.40. The number of ether oxygens (including phenoxy) is 1. The first-order valence-corrected chi connectivity index (χ1v) is 6.20. The van der Waals surface area contributed by atoms with Crippen LogP contribution in [0.3, 0.4) is 0 Å². The Morgan fingerprint density at radius 1 is 1.50 bits per heavy atom. The standard InChI is InChI=1S/C12H22N4O2/c1-4-9-10(13)11(16(2)15-9)12(17)14-7-5-6-8-18-3/h4-8,13H2,1-3H3,(H,14,17). The molecule has 0 aromatic carbocycles. The van der Waals surface area contributed by atoms with E-state index in [0.717, 1.165) is 25.0 Å². The molecule has 6 heteroatoms. The lowest BCUT2D eigenvalue weighted by molar-refractivity contribution is 0.0943. The van der Waals surface area contributed by atoms with Crippen molar-refractivity contribution in [3.63, 3.8) is 0 Å². The topological polar surface area (TPSA) is 82.2 Å². The molecule has 0 bridgehead atoms. The summed E-state index contributed by atoms with van der Waals surface area (Å²) in [5, 5.41) is 7.06. The van der Waals surface area contributed by atoms with Crippen molar-refractivity contribution in [1.29, 1.82) is 0 Å². The van der Waals surface area contributed by atoms with Crippen LogP contribution >= 0.6 is 0 Å². The van der Waals surface area contributed by atoms with Gasteiger partial charge in [0.25, 0.3) is 5.91 Å². The van der Waals surface area contributed by atoms with Crippen molar-refractivity contribution in [2.45, 2.75) is 26.2 Å². The Bertz CT molecular complexity index is 401. The molecular weight excluding hydrogens is 232 g/mol. The number of hydrogen-bond donors (Lipinski definition) is 2. The SMILES string of the molecule is CCc1nn(C)c(C(=O)NCCCCOC)c1N. The highest BCUT2D eigenvalue weighted by atomic mass is 16.5. The lowest BCUT2D eigenvalue weighted by atomic mass is 10.2. The summed E-state index contributed by atoms with van der Waals surface area (Å²) in [5.41, 5.74) is 7.59. The van der Waals surface area contributed by atoms with Gasteiger partial charge in [-0.2, -0.15) is 5.10 Å². The zero-order valence-corrected chi connectivity index (χ0v) is 11.3. The number of methoxy groups -OCH3 is 1. The minimum Gasteiger partial charge on any atom is -0.395 e. The maximum absolute atomic E-state index is 12.0. The normalized spacial score (nSPS) is 10.6. The molecule has 0 aliphatic heterocycles. The molecule has 0 aliphatic rings. The van der Waals surface area contributed by atoms with Gasteiger partial charge in [-0.1, -0.05) is 6.92 Å². The quantitative estimate of drug-likeness (QED) is 0.702. The van der Waals surface area contributed by atoms with Crippen LogP contribution in [0.1, 0.15) is 35.9 Å². The minimum atomic E-state index is -0.167. The molecule has 1 aromatic heterocycles. The third-order valence-corrected chi connectivity index (χ3v) is 2.77. The van der Waals surface area contributed by atoms with Gasteiger partial charge >= 0.3 is 0 Å². The molecule has 0 atom stereocenters. The van der Waals surface area contributed by atoms with E-state index in [1.165, 1.54) is 0 Å². The molecule has 0 aliphatic carbocycles. The molecule has 0 saturated heterocycles. The monoisotopic (exact) mass is 254 g/mol. The molecule has 0 radical (unpaired) electrons. The molecule has 1 aromatic rings. The molecule has 0 spiro atoms. The van der Waals surface area contributed by atoms with Crippen molar-refractivity contribution in [3.8, 4) is 0 Å². The maximum Gasteiger partial charge on any atom is 0.271 e. The van der Waals surface area contributed by atoms with Crippen LogP contribution in [-0.4, -0.2) is 35.9 Å². The van der Waals surface area contributed by atoms with Gasteiger partial charge in [-0.05, 0) is 19.3 Å². The Morgan fingerprint density at radius 3 is 2.78 bits per heavy atom. The van der Waals surface area contributed by atoms with Gasteiger partial charge < -0.3 is 15.8 Å². The summed E-state index contributed by atoms with van der Waals surface area (Å²) in [4.78, 5) is 12.0. The van der Waals surface area contributed by atoms with Gasteiger partial charge in [0, 0.05) is 27.3 Å². The van der Waals surface area contributed by atoms with Gasteiger partial charge in [-0.15, -0.1) is 0 Å². The number of nitrogens with one attached hydrogen (secondary N) is 1. The summed E-state index contributed by atoms with van der Waals surface area (Å²) >= 11 is 0. The van der Waals surface area contributed by atoms with Crippen LogP contribution in [0, 0.1) is 0 Å². The first-order chi connectivity index (χ1) is 8.61. The van der Waals surface area contributed by atoms with Gasteiger partial charge in [-0.25, -0.2) is 0 Å². The van der Waals surface area contributed by atoms with E-state index in [4.69, 9.17) is 10.5 Å². The third kappa shape index (κ3) is 3.46. The summed E-state index contributed by atoms with van der Waals surface area (Å²) in [5.74, 6) is -0.167. The smallest absolute Gasteiger partial charge is 0.271 e. The van der Waals surface area contributed by atoms with E-state index in [1.54, 1.807) is 18.8 Å². The molecule has 1 rings (SSSR count). The fraction of sp³-hybridized carbons (Fsp3) is 0.667. The second kappa shape index (κ2) is 7.00. The Labute approximate surface area is 107 Å². The van der Waals surface area contributed by atoms with E-state index in [1.807, 2.05) is 6.92 Å². The van der Waals surface area contributed by atoms with E-state index in [2.05, 4.69) is 10.4 Å². The highest BCUT2D eigenvalue weighted by molar-refractivity contribution is 5.97. The van der Waals surface area contributed by atoms with Crippen LogP contribution in [0.4, 0.5) is 5.69 Å². The van der Waals surface area contributed by atoms with Crippen LogP contribution in [0.5, 0.6) is 0 Å². The van der Waals surface area contributed by atoms with Crippen molar-refractivity contribution < 1.29 is 9.53 Å². The van der Waals surface area contributed by atoms with E-state index in [9.17, 15) is 4.79 Å². The molecule has 102 valence electrons. The minimum absolute atomic E-state index is 0.167. The van der Waals surface area contributed by atoms with Gasteiger partial charge in [0.2, 0.25) is 0 Å². The number of aryl methyl sites for hydroxylation is 2. The largest absolute Gasteiger partial charge is 0.395 e. The number of unbranched alkanes of at least 4 members (excludes halogenated alkanes) is 1. The number of hydrogen-bond acceptors (Lipinski definition) is 4. The van der Waals surface area contributed by atoms with Gasteiger partial charge in [0.15, 0.2) is 0 Å². The van der Waals surface area contributed by atoms with Crippen LogP contribution in [-0.2, 0) is 18.2 Å². The number of anilines is 1. The lowest BCUT2D eigenvalue weighted by Gasteiger charge is -2.06. The molecule has 6 nitrogen and oxygen atoms in total. The van der Waals surface area contributed by atoms with Crippen LogP contribution in [0.25, 0.3) is 0 Å². The maximum atomic E-state index is 12.0. The van der Waals surface area contributed by atoms with Crippen molar-refractivity contribution in [1.82, 2.24) is 15.1 Å². The number of amides is 1. The Kier molecular flexibility index (Phi) is 5.64. The lowest BCUT2D eigenvalue weighted by Crippen LogP contribution is -2.27. The van der Waals surface area contributed by atoms with E-state index in [-0.39, 0.29) is 5.91 Å². The fourth-order valence-electron chi connectivity index (χ4n) is 1.78. The zero-order chi connectivity index (χ0) is 13.5. The van der Waals surface area contributed by atoms with Crippen LogP contribution < -0.4 is 11.1 Å². The van der Waals surface area contributed by atoms with Gasteiger partial charge in [0.05, 0.1) is 11.4 Å². The number of carbonyl (C=O) groups is 1. The predicted molar refractivity (Wildman–Crippen MR) is 70.4 cm³/mol. The number of nitrogens with zero attached hydrogens (tertiary/aromatic N) is 2. The van der Waals surface area contributed by atoms with E-state index in [0.29, 0.717) is 24.5 Å². The van der Waals surface area contributed by atoms with Crippen molar-refractivity contribution in [2.24, 2.45) is 7.05 Å². The number of nitrogen functional groups attached to an aromatic ring is 1. The van der Waals surface area contributed by atoms with Crippen molar-refractivity contribution in [3.05, 3.63) is 11.4 Å². The molecular formula is C12H22N4O2. The van der Waals surface area contributed by atoms with Gasteiger partial charge in [-0.3, -0.25) is 9.48 Å². The average Bonchev–Trinajstić information content (AvgIpc) is 2.63. The molecule has 0 fully saturated rings. The number of rotatable bonds is 7. The molecule has 18 heavy (non-hydrogen) atoms. The summed E-state index contributed by atoms with van der Waals surface area (Å²) < 4.78 is 6.48. The van der Waals surface area contributed by atoms with Crippen molar-refractivity contribution in [2.75, 3.05) is 26.0 Å². The van der Waals surface area contributed by atoms with Crippen molar-refractivity contribution >= 4 is 11.6 Å². The Hall–Kier alpha value is -1.56. The number of aromatic nitrogens is 2. The predicted octanol–water partition coefficient (Wildman–Crippen LogP) is 0.721. The second-order valence-electron chi connectivity index (χ2n) is 4.14. The van der Waals surface area contributed by atoms with E-state index >= 15 is 0 Å². The molecule has 1 heterocycles. The molecule has 1 amide bonds. The first-order valence-electron chi connectivity index (χ1n) is 6.20. The van der Waals surface area contributed by atoms with E-state index < -0.39 is 0 Å². The zero-order valence-electron chi connectivity index (χ0n) is 11.3. The second-order valence-corrected chi connectivity index (χ2v) is 4.14.